The van der Waals surface area contributed by atoms with Gasteiger partial charge in [0.1, 0.15) is 6.61 Å². The van der Waals surface area contributed by atoms with E-state index in [4.69, 9.17) is 44.3 Å². The maximum Gasteiger partial charge on any atom is 0.175 e. The van der Waals surface area contributed by atoms with E-state index in [-0.39, 0.29) is 0 Å². The van der Waals surface area contributed by atoms with E-state index in [0.29, 0.717) is 41.2 Å². The van der Waals surface area contributed by atoms with Crippen LogP contribution in [0.2, 0.25) is 15.1 Å². The molecule has 0 saturated heterocycles. The van der Waals surface area contributed by atoms with Gasteiger partial charge in [-0.2, -0.15) is 0 Å². The Morgan fingerprint density at radius 1 is 0.897 bits per heavy atom. The van der Waals surface area contributed by atoms with E-state index in [2.05, 4.69) is 21.2 Å². The Balaban J connectivity index is 1.67. The minimum Gasteiger partial charge on any atom is -0.493 e. The summed E-state index contributed by atoms with van der Waals surface area (Å²) < 4.78 is 12.3. The first kappa shape index (κ1) is 22.3. The Kier molecular flexibility index (Phi) is 8.10. The van der Waals surface area contributed by atoms with Crippen LogP contribution in [-0.4, -0.2) is 7.11 Å². The van der Waals surface area contributed by atoms with Crippen LogP contribution in [0, 0.1) is 0 Å². The normalized spacial score (nSPS) is 10.8. The van der Waals surface area contributed by atoms with Crippen LogP contribution in [0.1, 0.15) is 16.7 Å². The molecule has 3 aromatic rings. The third kappa shape index (κ3) is 6.03. The molecule has 1 N–H and O–H groups in total. The first-order valence-corrected chi connectivity index (χ1v) is 10.8. The maximum absolute atomic E-state index is 6.23. The Bertz CT molecular complexity index is 998. The number of benzene rings is 3. The first-order chi connectivity index (χ1) is 14.0. The van der Waals surface area contributed by atoms with Crippen molar-refractivity contribution >= 4 is 50.7 Å². The van der Waals surface area contributed by atoms with Gasteiger partial charge in [-0.25, -0.2) is 0 Å². The van der Waals surface area contributed by atoms with Crippen molar-refractivity contribution in [2.45, 2.75) is 19.7 Å². The molecule has 3 aromatic carbocycles. The summed E-state index contributed by atoms with van der Waals surface area (Å²) in [6, 6.07) is 17.1. The third-order valence-electron chi connectivity index (χ3n) is 4.28. The lowest BCUT2D eigenvalue weighted by Gasteiger charge is -2.15. The van der Waals surface area contributed by atoms with Gasteiger partial charge in [0.2, 0.25) is 0 Å². The zero-order chi connectivity index (χ0) is 20.8. The van der Waals surface area contributed by atoms with E-state index in [1.54, 1.807) is 19.2 Å². The summed E-state index contributed by atoms with van der Waals surface area (Å²) in [5, 5.41) is 5.30. The van der Waals surface area contributed by atoms with Gasteiger partial charge < -0.3 is 14.8 Å². The summed E-state index contributed by atoms with van der Waals surface area (Å²) in [4.78, 5) is 0. The van der Waals surface area contributed by atoms with Crippen LogP contribution in [0.3, 0.4) is 0 Å². The molecular formula is C22H19BrCl3NO2. The predicted molar refractivity (Wildman–Crippen MR) is 123 cm³/mol. The number of ether oxygens (including phenoxy) is 2. The first-order valence-electron chi connectivity index (χ1n) is 8.85. The fourth-order valence-electron chi connectivity index (χ4n) is 2.79. The largest absolute Gasteiger partial charge is 0.493 e. The monoisotopic (exact) mass is 513 g/mol. The summed E-state index contributed by atoms with van der Waals surface area (Å²) in [6.45, 7) is 1.63. The molecule has 0 radical (unpaired) electrons. The van der Waals surface area contributed by atoms with Crippen molar-refractivity contribution in [2.24, 2.45) is 0 Å². The molecule has 0 atom stereocenters. The molecule has 0 fully saturated rings. The van der Waals surface area contributed by atoms with Crippen molar-refractivity contribution in [3.8, 4) is 11.5 Å². The van der Waals surface area contributed by atoms with Gasteiger partial charge in [0.25, 0.3) is 0 Å². The van der Waals surface area contributed by atoms with Gasteiger partial charge in [0.05, 0.1) is 11.6 Å². The highest BCUT2D eigenvalue weighted by atomic mass is 79.9. The van der Waals surface area contributed by atoms with Gasteiger partial charge in [-0.05, 0) is 57.4 Å². The van der Waals surface area contributed by atoms with E-state index in [0.717, 1.165) is 26.2 Å². The zero-order valence-electron chi connectivity index (χ0n) is 15.6. The molecule has 7 heteroatoms. The quantitative estimate of drug-likeness (QED) is 0.342. The van der Waals surface area contributed by atoms with Gasteiger partial charge in [-0.3, -0.25) is 0 Å². The molecule has 0 bridgehead atoms. The smallest absolute Gasteiger partial charge is 0.175 e. The van der Waals surface area contributed by atoms with Crippen molar-refractivity contribution in [3.63, 3.8) is 0 Å². The average Bonchev–Trinajstić information content (AvgIpc) is 2.69. The highest BCUT2D eigenvalue weighted by Gasteiger charge is 2.13. The molecule has 0 aromatic heterocycles. The van der Waals surface area contributed by atoms with Gasteiger partial charge in [0.15, 0.2) is 11.5 Å². The second-order valence-electron chi connectivity index (χ2n) is 6.33. The van der Waals surface area contributed by atoms with Crippen molar-refractivity contribution in [1.82, 2.24) is 5.32 Å². The van der Waals surface area contributed by atoms with Crippen LogP contribution in [0.4, 0.5) is 0 Å². The van der Waals surface area contributed by atoms with E-state index in [1.165, 1.54) is 0 Å². The summed E-state index contributed by atoms with van der Waals surface area (Å²) in [5.41, 5.74) is 2.95. The lowest BCUT2D eigenvalue weighted by atomic mass is 10.1. The van der Waals surface area contributed by atoms with Crippen LogP contribution in [0.5, 0.6) is 11.5 Å². The highest BCUT2D eigenvalue weighted by molar-refractivity contribution is 9.10. The number of methoxy groups -OCH3 is 1. The Hall–Kier alpha value is -1.43. The summed E-state index contributed by atoms with van der Waals surface area (Å²) in [7, 11) is 1.62. The van der Waals surface area contributed by atoms with Crippen molar-refractivity contribution in [1.29, 1.82) is 0 Å². The van der Waals surface area contributed by atoms with Crippen LogP contribution in [-0.2, 0) is 19.7 Å². The number of halogens is 4. The fraction of sp³-hybridized carbons (Fsp3) is 0.182. The SMILES string of the molecule is COc1cc(CNCc2ccccc2Cl)cc(Br)c1OCc1ccc(Cl)cc1Cl. The van der Waals surface area contributed by atoms with Gasteiger partial charge in [-0.15, -0.1) is 0 Å². The molecule has 0 aliphatic rings. The molecular weight excluding hydrogens is 497 g/mol. The van der Waals surface area contributed by atoms with Gasteiger partial charge in [-0.1, -0.05) is 59.1 Å². The second kappa shape index (κ2) is 10.6. The molecule has 0 heterocycles. The molecule has 0 amide bonds. The highest BCUT2D eigenvalue weighted by Crippen LogP contribution is 2.37. The molecule has 0 unspecified atom stereocenters. The average molecular weight is 516 g/mol. The van der Waals surface area contributed by atoms with Crippen molar-refractivity contribution < 1.29 is 9.47 Å². The fourth-order valence-corrected chi connectivity index (χ4v) is 4.06. The number of hydrogen-bond donors (Lipinski definition) is 1. The molecule has 3 rings (SSSR count). The zero-order valence-corrected chi connectivity index (χ0v) is 19.5. The summed E-state index contributed by atoms with van der Waals surface area (Å²) in [6.07, 6.45) is 0. The van der Waals surface area contributed by atoms with Gasteiger partial charge in [0, 0.05) is 33.7 Å². The van der Waals surface area contributed by atoms with Crippen molar-refractivity contribution in [2.75, 3.05) is 7.11 Å². The van der Waals surface area contributed by atoms with E-state index < -0.39 is 0 Å². The molecule has 0 spiro atoms. The number of nitrogens with one attached hydrogen (secondary N) is 1. The van der Waals surface area contributed by atoms with Crippen LogP contribution in [0.15, 0.2) is 59.1 Å². The molecule has 0 saturated carbocycles. The lowest BCUT2D eigenvalue weighted by molar-refractivity contribution is 0.282. The molecule has 0 aliphatic heterocycles. The van der Waals surface area contributed by atoms with Crippen LogP contribution in [0.25, 0.3) is 0 Å². The van der Waals surface area contributed by atoms with Crippen LogP contribution < -0.4 is 14.8 Å². The predicted octanol–water partition coefficient (Wildman–Crippen LogP) is 7.29. The van der Waals surface area contributed by atoms with Crippen LogP contribution >= 0.6 is 50.7 Å². The molecule has 0 aliphatic carbocycles. The minimum atomic E-state index is 0.301. The lowest BCUT2D eigenvalue weighted by Crippen LogP contribution is -2.13. The van der Waals surface area contributed by atoms with E-state index in [9.17, 15) is 0 Å². The standard InChI is InChI=1S/C22H19BrCl3NO2/c1-28-21-9-14(11-27-12-15-4-2-3-5-19(15)25)8-18(23)22(21)29-13-16-6-7-17(24)10-20(16)26/h2-10,27H,11-13H2,1H3. The van der Waals surface area contributed by atoms with Gasteiger partial charge >= 0.3 is 0 Å². The Morgan fingerprint density at radius 2 is 1.69 bits per heavy atom. The Morgan fingerprint density at radius 3 is 2.41 bits per heavy atom. The minimum absolute atomic E-state index is 0.301. The summed E-state index contributed by atoms with van der Waals surface area (Å²) in [5.74, 6) is 1.26. The molecule has 3 nitrogen and oxygen atoms in total. The molecule has 152 valence electrons. The molecule has 29 heavy (non-hydrogen) atoms. The number of hydrogen-bond acceptors (Lipinski definition) is 3. The van der Waals surface area contributed by atoms with Crippen molar-refractivity contribution in [3.05, 3.63) is 90.8 Å². The second-order valence-corrected chi connectivity index (χ2v) is 8.43. The van der Waals surface area contributed by atoms with E-state index >= 15 is 0 Å². The number of rotatable bonds is 8. The topological polar surface area (TPSA) is 30.5 Å². The Labute approximate surface area is 194 Å². The van der Waals surface area contributed by atoms with E-state index in [1.807, 2.05) is 42.5 Å². The maximum atomic E-state index is 6.23. The summed E-state index contributed by atoms with van der Waals surface area (Å²) >= 11 is 22.0. The third-order valence-corrected chi connectivity index (χ3v) is 5.82.